The molecule has 0 aliphatic carbocycles. The molecule has 1 aromatic rings. The van der Waals surface area contributed by atoms with Gasteiger partial charge >= 0.3 is 0 Å². The normalized spacial score (nSPS) is 11.2. The van der Waals surface area contributed by atoms with Crippen LogP contribution in [0.3, 0.4) is 0 Å². The highest BCUT2D eigenvalue weighted by Crippen LogP contribution is 2.02. The molecule has 0 saturated carbocycles. The van der Waals surface area contributed by atoms with Crippen LogP contribution >= 0.6 is 0 Å². The second-order valence-corrected chi connectivity index (χ2v) is 2.69. The summed E-state index contributed by atoms with van der Waals surface area (Å²) in [5.41, 5.74) is 7.51. The van der Waals surface area contributed by atoms with Crippen LogP contribution in [0, 0.1) is 6.92 Å². The summed E-state index contributed by atoms with van der Waals surface area (Å²) < 4.78 is 17.6. The van der Waals surface area contributed by atoms with Crippen molar-refractivity contribution >= 4 is 17.0 Å². The molecule has 0 spiro atoms. The predicted octanol–water partition coefficient (Wildman–Crippen LogP) is 0.316. The third-order valence-electron chi connectivity index (χ3n) is 1.08. The zero-order valence-electron chi connectivity index (χ0n) is 6.69. The van der Waals surface area contributed by atoms with Crippen molar-refractivity contribution in [3.8, 4) is 0 Å². The van der Waals surface area contributed by atoms with Gasteiger partial charge in [-0.05, 0) is 19.1 Å². The van der Waals surface area contributed by atoms with Crippen LogP contribution in [0.4, 0.5) is 5.69 Å². The molecule has 1 atom stereocenters. The number of nitrogens with two attached hydrogens (primary N) is 2. The molecule has 0 aliphatic heterocycles. The molecule has 0 saturated heterocycles. The van der Waals surface area contributed by atoms with Crippen molar-refractivity contribution in [1.29, 1.82) is 0 Å². The molecule has 1 rings (SSSR count). The van der Waals surface area contributed by atoms with E-state index in [0.29, 0.717) is 0 Å². The van der Waals surface area contributed by atoms with Gasteiger partial charge in [-0.3, -0.25) is 9.35 Å². The van der Waals surface area contributed by atoms with Gasteiger partial charge in [0.1, 0.15) is 0 Å². The lowest BCUT2D eigenvalue weighted by molar-refractivity contribution is 0.539. The Labute approximate surface area is 74.0 Å². The molecule has 0 bridgehead atoms. The Hall–Kier alpha value is -0.910. The zero-order valence-corrected chi connectivity index (χ0v) is 7.51. The minimum atomic E-state index is -2.36. The SMILES string of the molecule is Cc1ccc(N)cc1.NS(=O)[O-]. The van der Waals surface area contributed by atoms with E-state index in [0.717, 1.165) is 5.69 Å². The highest BCUT2D eigenvalue weighted by Gasteiger charge is 1.80. The third-order valence-corrected chi connectivity index (χ3v) is 1.08. The number of nitrogen functional groups attached to an aromatic ring is 1. The van der Waals surface area contributed by atoms with Crippen LogP contribution in [0.2, 0.25) is 0 Å². The van der Waals surface area contributed by atoms with E-state index in [-0.39, 0.29) is 0 Å². The number of benzene rings is 1. The maximum absolute atomic E-state index is 8.78. The summed E-state index contributed by atoms with van der Waals surface area (Å²) in [6.07, 6.45) is 0. The van der Waals surface area contributed by atoms with Crippen LogP contribution in [0.25, 0.3) is 0 Å². The first-order chi connectivity index (χ1) is 5.52. The van der Waals surface area contributed by atoms with E-state index in [1.165, 1.54) is 5.56 Å². The Morgan fingerprint density at radius 1 is 1.33 bits per heavy atom. The fourth-order valence-corrected chi connectivity index (χ4v) is 0.566. The fourth-order valence-electron chi connectivity index (χ4n) is 0.566. The minimum Gasteiger partial charge on any atom is -0.760 e. The van der Waals surface area contributed by atoms with Crippen molar-refractivity contribution in [2.75, 3.05) is 5.73 Å². The molecule has 0 radical (unpaired) electrons. The molecule has 5 heteroatoms. The molecule has 0 heterocycles. The van der Waals surface area contributed by atoms with Crippen molar-refractivity contribution in [2.24, 2.45) is 5.14 Å². The molecule has 1 unspecified atom stereocenters. The number of hydrogen-bond donors (Lipinski definition) is 2. The first kappa shape index (κ1) is 11.1. The Morgan fingerprint density at radius 2 is 1.67 bits per heavy atom. The van der Waals surface area contributed by atoms with Crippen molar-refractivity contribution in [3.63, 3.8) is 0 Å². The van der Waals surface area contributed by atoms with E-state index in [2.05, 4.69) is 5.14 Å². The van der Waals surface area contributed by atoms with Gasteiger partial charge in [0, 0.05) is 17.0 Å². The number of hydrogen-bond acceptors (Lipinski definition) is 3. The maximum Gasteiger partial charge on any atom is 0.0314 e. The van der Waals surface area contributed by atoms with Crippen molar-refractivity contribution in [2.45, 2.75) is 6.92 Å². The lowest BCUT2D eigenvalue weighted by atomic mass is 10.2. The molecule has 0 amide bonds. The van der Waals surface area contributed by atoms with Gasteiger partial charge in [-0.1, -0.05) is 17.7 Å². The smallest absolute Gasteiger partial charge is 0.0314 e. The van der Waals surface area contributed by atoms with E-state index in [1.54, 1.807) is 0 Å². The zero-order chi connectivity index (χ0) is 9.56. The largest absolute Gasteiger partial charge is 0.760 e. The lowest BCUT2D eigenvalue weighted by Gasteiger charge is -1.90. The molecule has 68 valence electrons. The predicted molar refractivity (Wildman–Crippen MR) is 48.7 cm³/mol. The Morgan fingerprint density at radius 3 is 1.92 bits per heavy atom. The van der Waals surface area contributed by atoms with Gasteiger partial charge in [0.25, 0.3) is 0 Å². The number of aryl methyl sites for hydroxylation is 1. The molecule has 1 aromatic carbocycles. The van der Waals surface area contributed by atoms with Gasteiger partial charge in [-0.15, -0.1) is 0 Å². The standard InChI is InChI=1S/C7H9N.H3NO2S/c1-6-2-4-7(8)5-3-6;1-4(2)3/h2-5H,8H2,1H3;1H2,(H,2,3)/p-1. The molecule has 4 N–H and O–H groups in total. The summed E-state index contributed by atoms with van der Waals surface area (Å²) in [5, 5.41) is 4.03. The van der Waals surface area contributed by atoms with Gasteiger partial charge in [0.15, 0.2) is 0 Å². The Kier molecular flexibility index (Phi) is 5.27. The quantitative estimate of drug-likeness (QED) is 0.452. The Balaban J connectivity index is 0.000000261. The van der Waals surface area contributed by atoms with Gasteiger partial charge in [0.2, 0.25) is 0 Å². The summed E-state index contributed by atoms with van der Waals surface area (Å²) in [5.74, 6) is 0. The average molecular weight is 187 g/mol. The lowest BCUT2D eigenvalue weighted by Crippen LogP contribution is -1.97. The molecule has 0 aliphatic rings. The average Bonchev–Trinajstić information content (AvgIpc) is 1.94. The summed E-state index contributed by atoms with van der Waals surface area (Å²) >= 11 is -2.36. The van der Waals surface area contributed by atoms with Crippen molar-refractivity contribution in [1.82, 2.24) is 0 Å². The maximum atomic E-state index is 8.78. The number of rotatable bonds is 0. The summed E-state index contributed by atoms with van der Waals surface area (Å²) in [4.78, 5) is 0. The van der Waals surface area contributed by atoms with Crippen LogP contribution in [-0.2, 0) is 11.3 Å². The molecule has 0 fully saturated rings. The topological polar surface area (TPSA) is 92.2 Å². The summed E-state index contributed by atoms with van der Waals surface area (Å²) in [7, 11) is 0. The van der Waals surface area contributed by atoms with E-state index in [1.807, 2.05) is 31.2 Å². The molecule has 0 aromatic heterocycles. The molecule has 12 heavy (non-hydrogen) atoms. The van der Waals surface area contributed by atoms with Gasteiger partial charge in [-0.2, -0.15) is 0 Å². The van der Waals surface area contributed by atoms with Crippen LogP contribution in [-0.4, -0.2) is 8.76 Å². The summed E-state index contributed by atoms with van der Waals surface area (Å²) in [6, 6.07) is 7.79. The second kappa shape index (κ2) is 5.70. The highest BCUT2D eigenvalue weighted by atomic mass is 32.2. The number of anilines is 1. The van der Waals surface area contributed by atoms with E-state index >= 15 is 0 Å². The molecule has 4 nitrogen and oxygen atoms in total. The van der Waals surface area contributed by atoms with Gasteiger partial charge in [-0.25, -0.2) is 0 Å². The minimum absolute atomic E-state index is 0.829. The van der Waals surface area contributed by atoms with Gasteiger partial charge in [0.05, 0.1) is 0 Å². The second-order valence-electron chi connectivity index (χ2n) is 2.17. The summed E-state index contributed by atoms with van der Waals surface area (Å²) in [6.45, 7) is 2.04. The molecular weight excluding hydrogens is 176 g/mol. The monoisotopic (exact) mass is 187 g/mol. The third kappa shape index (κ3) is 7.20. The van der Waals surface area contributed by atoms with Gasteiger partial charge < -0.3 is 10.3 Å². The van der Waals surface area contributed by atoms with Crippen LogP contribution in [0.5, 0.6) is 0 Å². The fraction of sp³-hybridized carbons (Fsp3) is 0.143. The van der Waals surface area contributed by atoms with Crippen LogP contribution < -0.4 is 10.9 Å². The van der Waals surface area contributed by atoms with E-state index in [9.17, 15) is 0 Å². The van der Waals surface area contributed by atoms with Crippen molar-refractivity contribution in [3.05, 3.63) is 29.8 Å². The van der Waals surface area contributed by atoms with Crippen LogP contribution in [0.15, 0.2) is 24.3 Å². The molecular formula is C7H11N2O2S-. The van der Waals surface area contributed by atoms with Crippen molar-refractivity contribution < 1.29 is 8.76 Å². The van der Waals surface area contributed by atoms with E-state index < -0.39 is 11.3 Å². The van der Waals surface area contributed by atoms with E-state index in [4.69, 9.17) is 14.5 Å². The first-order valence-corrected chi connectivity index (χ1v) is 4.32. The highest BCUT2D eigenvalue weighted by molar-refractivity contribution is 7.76. The first-order valence-electron chi connectivity index (χ1n) is 3.18. The Bertz CT molecular complexity index is 223. The van der Waals surface area contributed by atoms with Crippen LogP contribution in [0.1, 0.15) is 5.56 Å².